The van der Waals surface area contributed by atoms with Crippen LogP contribution in [-0.2, 0) is 76.4 Å². The average Bonchev–Trinajstić information content (AvgIpc) is 0.805. The number of amides is 1. The Morgan fingerprint density at radius 1 is 0.500 bits per heavy atom. The van der Waals surface area contributed by atoms with Gasteiger partial charge in [0.05, 0.1) is 29.6 Å². The quantitative estimate of drug-likeness (QED) is 0.00817. The second-order valence-electron chi connectivity index (χ2n) is 26.4. The number of pyridine rings is 2. The van der Waals surface area contributed by atoms with E-state index in [9.17, 15) is 14.4 Å². The van der Waals surface area contributed by atoms with E-state index in [2.05, 4.69) is 58.4 Å². The molecular weight excluding hydrogens is 1300 g/mol. The van der Waals surface area contributed by atoms with Gasteiger partial charge in [0, 0.05) is 79.5 Å². The molecule has 0 spiro atoms. The van der Waals surface area contributed by atoms with Gasteiger partial charge in [-0.3, -0.25) is 25.0 Å². The smallest absolute Gasteiger partial charge is 0.410 e. The molecule has 0 aliphatic rings. The molecule has 1 amide bonds. The summed E-state index contributed by atoms with van der Waals surface area (Å²) in [6, 6.07) is 73.3. The minimum absolute atomic E-state index is 0.0637. The summed E-state index contributed by atoms with van der Waals surface area (Å²) < 4.78 is 29.7. The Hall–Kier alpha value is -11.6. The highest BCUT2D eigenvalue weighted by molar-refractivity contribution is 5.95. The summed E-state index contributed by atoms with van der Waals surface area (Å²) in [6.45, 7) is 14.0. The van der Waals surface area contributed by atoms with Crippen LogP contribution in [0.5, 0.6) is 11.5 Å². The molecule has 0 fully saturated rings. The number of hydrogen-bond donors (Lipinski definition) is 5. The number of anilines is 2. The lowest BCUT2D eigenvalue weighted by molar-refractivity contribution is -0.146. The number of nitrogens with zero attached hydrogens (tertiary/aromatic N) is 4. The third-order valence-corrected chi connectivity index (χ3v) is 17.2. The maximum absolute atomic E-state index is 13.7. The molecule has 104 heavy (non-hydrogen) atoms. The van der Waals surface area contributed by atoms with E-state index in [1.54, 1.807) is 4.90 Å². The molecule has 2 aromatic heterocycles. The van der Waals surface area contributed by atoms with E-state index in [4.69, 9.17) is 50.1 Å². The molecule has 17 heteroatoms. The van der Waals surface area contributed by atoms with Crippen LogP contribution in [0.1, 0.15) is 139 Å². The van der Waals surface area contributed by atoms with Gasteiger partial charge >= 0.3 is 18.0 Å². The average molecular weight is 1390 g/mol. The standard InChI is InChI=1S/C46H50N4O5.C41H45N5O3/c1-34-44(54-33-37-16-10-6-11-17-37)42(40(29-48-34)30-49-41-25-23-39(24-26-41)38-21-19-35(28-47)20-22-38)31-50(45(52)55-46(2,3)4)27-13-7-12-18-43(51)53-32-36-14-8-5-9-15-36;1-30-40(49-29-32-13-7-3-8-14-32)38(27-44-24-10-4-9-15-39(47)48-28-31-11-5-2-6-12-31)36(25-45-30)26-46-37-22-20-34(21-23-37)33-16-18-35(19-17-33)41(42)43/h5-6,8-11,14-17,19-26,29,49H,7,12-13,18,27,30-33H2,1-4H3;2-3,5-8,11-14,16-23,25,44,46H,4,9-10,15,24,26-29H2,1H3,(H3,42,43). The fraction of sp³-hybridized carbons (Fsp3) is 0.276. The van der Waals surface area contributed by atoms with Crippen molar-refractivity contribution in [2.24, 2.45) is 5.73 Å². The van der Waals surface area contributed by atoms with Crippen LogP contribution in [0.25, 0.3) is 22.3 Å². The minimum Gasteiger partial charge on any atom is -0.487 e. The zero-order chi connectivity index (χ0) is 73.3. The normalized spacial score (nSPS) is 10.9. The third kappa shape index (κ3) is 25.2. The predicted octanol–water partition coefficient (Wildman–Crippen LogP) is 18.1. The summed E-state index contributed by atoms with van der Waals surface area (Å²) in [6.07, 6.45) is 8.83. The number of carbonyl (C=O) groups is 3. The van der Waals surface area contributed by atoms with Gasteiger partial charge in [0.15, 0.2) is 0 Å². The fourth-order valence-electron chi connectivity index (χ4n) is 11.4. The van der Waals surface area contributed by atoms with Crippen LogP contribution in [0.2, 0.25) is 0 Å². The van der Waals surface area contributed by atoms with Crippen molar-refractivity contribution in [1.82, 2.24) is 20.2 Å². The summed E-state index contributed by atoms with van der Waals surface area (Å²) in [5.74, 6) is 1.12. The van der Waals surface area contributed by atoms with Crippen molar-refractivity contribution < 1.29 is 38.1 Å². The molecule has 0 bridgehead atoms. The van der Waals surface area contributed by atoms with Crippen LogP contribution in [0, 0.1) is 30.6 Å². The molecule has 6 N–H and O–H groups in total. The van der Waals surface area contributed by atoms with Crippen molar-refractivity contribution in [1.29, 1.82) is 10.7 Å². The molecule has 10 aromatic rings. The molecule has 0 aliphatic heterocycles. The van der Waals surface area contributed by atoms with Crippen molar-refractivity contribution >= 4 is 35.2 Å². The molecular formula is C87H95N9O8. The second kappa shape index (κ2) is 40.1. The van der Waals surface area contributed by atoms with E-state index in [0.717, 1.165) is 128 Å². The van der Waals surface area contributed by atoms with E-state index >= 15 is 0 Å². The Morgan fingerprint density at radius 3 is 1.34 bits per heavy atom. The first kappa shape index (κ1) is 76.6. The number of rotatable bonds is 35. The Labute approximate surface area is 612 Å². The van der Waals surface area contributed by atoms with Crippen molar-refractivity contribution in [3.8, 4) is 39.8 Å². The van der Waals surface area contributed by atoms with Crippen molar-refractivity contribution in [3.05, 3.63) is 298 Å². The fourth-order valence-corrected chi connectivity index (χ4v) is 11.4. The van der Waals surface area contributed by atoms with Crippen LogP contribution in [0.4, 0.5) is 16.2 Å². The third-order valence-electron chi connectivity index (χ3n) is 17.2. The highest BCUT2D eigenvalue weighted by Gasteiger charge is 2.26. The Balaban J connectivity index is 0.000000243. The number of amidine groups is 1. The van der Waals surface area contributed by atoms with E-state index in [-0.39, 0.29) is 30.9 Å². The van der Waals surface area contributed by atoms with Gasteiger partial charge in [-0.25, -0.2) is 4.79 Å². The van der Waals surface area contributed by atoms with Crippen LogP contribution >= 0.6 is 0 Å². The van der Waals surface area contributed by atoms with Gasteiger partial charge in [-0.15, -0.1) is 0 Å². The number of nitrogens with one attached hydrogen (secondary N) is 4. The maximum Gasteiger partial charge on any atom is 0.410 e. The molecule has 0 unspecified atom stereocenters. The van der Waals surface area contributed by atoms with Crippen molar-refractivity contribution in [2.75, 3.05) is 23.7 Å². The molecule has 17 nitrogen and oxygen atoms in total. The zero-order valence-electron chi connectivity index (χ0n) is 60.3. The summed E-state index contributed by atoms with van der Waals surface area (Å²) in [4.78, 5) is 49.5. The number of esters is 2. The van der Waals surface area contributed by atoms with Gasteiger partial charge in [-0.1, -0.05) is 195 Å². The van der Waals surface area contributed by atoms with E-state index in [0.29, 0.717) is 88.6 Å². The first-order chi connectivity index (χ1) is 50.5. The highest BCUT2D eigenvalue weighted by Crippen LogP contribution is 2.32. The second-order valence-corrected chi connectivity index (χ2v) is 26.4. The largest absolute Gasteiger partial charge is 0.487 e. The maximum atomic E-state index is 13.7. The molecule has 2 heterocycles. The monoisotopic (exact) mass is 1390 g/mol. The van der Waals surface area contributed by atoms with Crippen molar-refractivity contribution in [2.45, 2.75) is 144 Å². The van der Waals surface area contributed by atoms with E-state index in [1.807, 2.05) is 229 Å². The Bertz CT molecular complexity index is 4360. The number of hydrogen-bond acceptors (Lipinski definition) is 15. The van der Waals surface area contributed by atoms with Crippen LogP contribution in [0.3, 0.4) is 0 Å². The van der Waals surface area contributed by atoms with Crippen LogP contribution in [-0.4, -0.2) is 57.4 Å². The van der Waals surface area contributed by atoms with Crippen LogP contribution < -0.4 is 31.2 Å². The van der Waals surface area contributed by atoms with Gasteiger partial charge < -0.3 is 50.3 Å². The number of unbranched alkanes of at least 4 members (excludes halogenated alkanes) is 4. The Kier molecular flexibility index (Phi) is 29.6. The van der Waals surface area contributed by atoms with Gasteiger partial charge in [-0.05, 0) is 159 Å². The molecule has 10 rings (SSSR count). The highest BCUT2D eigenvalue weighted by atomic mass is 16.6. The molecule has 0 aliphatic carbocycles. The number of nitrogens with two attached hydrogens (primary N) is 1. The first-order valence-electron chi connectivity index (χ1n) is 35.5. The molecule has 0 atom stereocenters. The SMILES string of the molecule is Cc1ncc(CNc2ccc(-c3ccc(C#N)cc3)cc2)c(CN(CCCCCC(=O)OCc2ccccc2)C(=O)OC(C)(C)C)c1OCc1ccccc1.Cc1ncc(CNc2ccc(-c3ccc(C(=N)N)cc3)cc2)c(CNCCCCCC(=O)OCc2ccccc2)c1OCc1ccccc1. The lowest BCUT2D eigenvalue weighted by Gasteiger charge is -2.29. The van der Waals surface area contributed by atoms with Gasteiger partial charge in [0.2, 0.25) is 0 Å². The summed E-state index contributed by atoms with van der Waals surface area (Å²) in [5.41, 5.74) is 21.9. The predicted molar refractivity (Wildman–Crippen MR) is 411 cm³/mol. The molecule has 0 radical (unpaired) electrons. The Morgan fingerprint density at radius 2 is 0.904 bits per heavy atom. The molecule has 536 valence electrons. The lowest BCUT2D eigenvalue weighted by atomic mass is 10.0. The van der Waals surface area contributed by atoms with Crippen molar-refractivity contribution in [3.63, 3.8) is 0 Å². The molecule has 8 aromatic carbocycles. The number of ether oxygens (including phenoxy) is 5. The minimum atomic E-state index is -0.688. The van der Waals surface area contributed by atoms with Crippen LogP contribution in [0.15, 0.2) is 231 Å². The summed E-state index contributed by atoms with van der Waals surface area (Å²) in [5, 5.41) is 27.5. The molecule has 0 saturated carbocycles. The number of nitrogen functional groups attached to an aromatic ring is 1. The van der Waals surface area contributed by atoms with Gasteiger partial charge in [0.25, 0.3) is 0 Å². The summed E-state index contributed by atoms with van der Waals surface area (Å²) >= 11 is 0. The number of benzene rings is 8. The summed E-state index contributed by atoms with van der Waals surface area (Å²) in [7, 11) is 0. The van der Waals surface area contributed by atoms with E-state index < -0.39 is 11.7 Å². The number of aryl methyl sites for hydroxylation is 2. The zero-order valence-corrected chi connectivity index (χ0v) is 60.3. The molecule has 0 saturated heterocycles. The number of nitriles is 1. The number of aromatic nitrogens is 2. The topological polar surface area (TPSA) is 236 Å². The number of carbonyl (C=O) groups excluding carboxylic acids is 3. The first-order valence-corrected chi connectivity index (χ1v) is 35.5. The van der Waals surface area contributed by atoms with Gasteiger partial charge in [0.1, 0.15) is 49.4 Å². The van der Waals surface area contributed by atoms with Gasteiger partial charge in [-0.2, -0.15) is 5.26 Å². The van der Waals surface area contributed by atoms with E-state index in [1.165, 1.54) is 0 Å². The lowest BCUT2D eigenvalue weighted by Crippen LogP contribution is -2.37.